The summed E-state index contributed by atoms with van der Waals surface area (Å²) in [7, 11) is 1.69. The molecule has 5 heteroatoms. The van der Waals surface area contributed by atoms with Crippen LogP contribution >= 0.6 is 0 Å². The molecule has 4 rings (SSSR count). The predicted octanol–water partition coefficient (Wildman–Crippen LogP) is 3.04. The molecule has 2 aliphatic heterocycles. The molecule has 2 atom stereocenters. The molecule has 1 amide bonds. The summed E-state index contributed by atoms with van der Waals surface area (Å²) in [4.78, 5) is 15.2. The number of hydrogen-bond acceptors (Lipinski definition) is 4. The summed E-state index contributed by atoms with van der Waals surface area (Å²) >= 11 is 0. The topological polar surface area (TPSA) is 50.8 Å². The lowest BCUT2D eigenvalue weighted by molar-refractivity contribution is -0.124. The van der Waals surface area contributed by atoms with Crippen LogP contribution < -0.4 is 10.1 Å². The highest BCUT2D eigenvalue weighted by molar-refractivity contribution is 5.79. The second kappa shape index (κ2) is 8.97. The molecule has 1 spiro atoms. The summed E-state index contributed by atoms with van der Waals surface area (Å²) in [6, 6.07) is 18.4. The van der Waals surface area contributed by atoms with Gasteiger partial charge in [0, 0.05) is 31.2 Å². The first-order valence-electron chi connectivity index (χ1n) is 10.4. The molecule has 2 aromatic rings. The average Bonchev–Trinajstić information content (AvgIpc) is 3.14. The highest BCUT2D eigenvalue weighted by atomic mass is 16.5. The summed E-state index contributed by atoms with van der Waals surface area (Å²) < 4.78 is 11.1. The number of rotatable bonds is 6. The van der Waals surface area contributed by atoms with Crippen molar-refractivity contribution in [3.8, 4) is 5.75 Å². The van der Waals surface area contributed by atoms with E-state index in [1.54, 1.807) is 7.11 Å². The molecule has 0 radical (unpaired) electrons. The van der Waals surface area contributed by atoms with E-state index >= 15 is 0 Å². The highest BCUT2D eigenvalue weighted by Crippen LogP contribution is 2.39. The maximum absolute atomic E-state index is 12.7. The third-order valence-electron chi connectivity index (χ3n) is 6.25. The van der Waals surface area contributed by atoms with Crippen LogP contribution in [0.4, 0.5) is 0 Å². The van der Waals surface area contributed by atoms with Crippen LogP contribution in [0, 0.1) is 5.41 Å². The van der Waals surface area contributed by atoms with Gasteiger partial charge in [0.15, 0.2) is 0 Å². The molecule has 0 saturated carbocycles. The number of amides is 1. The van der Waals surface area contributed by atoms with Crippen LogP contribution in [0.5, 0.6) is 5.75 Å². The molecular weight excluding hydrogens is 364 g/mol. The van der Waals surface area contributed by atoms with Gasteiger partial charge in [0.1, 0.15) is 5.75 Å². The van der Waals surface area contributed by atoms with Gasteiger partial charge in [-0.15, -0.1) is 0 Å². The quantitative estimate of drug-likeness (QED) is 0.818. The lowest BCUT2D eigenvalue weighted by atomic mass is 9.77. The number of nitrogens with one attached hydrogen (secondary N) is 1. The monoisotopic (exact) mass is 394 g/mol. The van der Waals surface area contributed by atoms with Crippen LogP contribution in [0.15, 0.2) is 54.6 Å². The molecule has 2 aromatic carbocycles. The van der Waals surface area contributed by atoms with Gasteiger partial charge < -0.3 is 14.8 Å². The minimum absolute atomic E-state index is 0.0110. The summed E-state index contributed by atoms with van der Waals surface area (Å²) in [5.74, 6) is 0.990. The van der Waals surface area contributed by atoms with Crippen LogP contribution in [0.3, 0.4) is 0 Å². The highest BCUT2D eigenvalue weighted by Gasteiger charge is 2.47. The van der Waals surface area contributed by atoms with Gasteiger partial charge >= 0.3 is 0 Å². The molecule has 2 heterocycles. The molecule has 0 aromatic heterocycles. The van der Waals surface area contributed by atoms with Crippen molar-refractivity contribution in [3.05, 3.63) is 65.7 Å². The fourth-order valence-electron chi connectivity index (χ4n) is 4.65. The van der Waals surface area contributed by atoms with Crippen LogP contribution in [0.1, 0.15) is 24.0 Å². The second-order valence-corrected chi connectivity index (χ2v) is 8.29. The zero-order valence-corrected chi connectivity index (χ0v) is 17.1. The van der Waals surface area contributed by atoms with E-state index in [0.717, 1.165) is 57.0 Å². The predicted molar refractivity (Wildman–Crippen MR) is 113 cm³/mol. The number of carbonyl (C=O) groups excluding carboxylic acids is 1. The molecule has 29 heavy (non-hydrogen) atoms. The lowest BCUT2D eigenvalue weighted by Crippen LogP contribution is -2.55. The Morgan fingerprint density at radius 3 is 2.72 bits per heavy atom. The van der Waals surface area contributed by atoms with E-state index in [0.29, 0.717) is 6.42 Å². The molecule has 2 unspecified atom stereocenters. The summed E-state index contributed by atoms with van der Waals surface area (Å²) in [6.07, 6.45) is 2.38. The lowest BCUT2D eigenvalue weighted by Gasteiger charge is -2.41. The largest absolute Gasteiger partial charge is 0.497 e. The van der Waals surface area contributed by atoms with Crippen LogP contribution in [-0.2, 0) is 22.5 Å². The van der Waals surface area contributed by atoms with Crippen LogP contribution in [0.2, 0.25) is 0 Å². The van der Waals surface area contributed by atoms with E-state index in [1.165, 1.54) is 5.56 Å². The van der Waals surface area contributed by atoms with E-state index in [2.05, 4.69) is 22.3 Å². The number of nitrogens with zero attached hydrogens (tertiary/aromatic N) is 1. The number of likely N-dealkylation sites (tertiary alicyclic amines) is 1. The Morgan fingerprint density at radius 2 is 1.97 bits per heavy atom. The van der Waals surface area contributed by atoms with Crippen molar-refractivity contribution in [2.24, 2.45) is 5.41 Å². The Labute approximate surface area is 173 Å². The zero-order chi connectivity index (χ0) is 20.1. The molecule has 154 valence electrons. The fraction of sp³-hybridized carbons (Fsp3) is 0.458. The van der Waals surface area contributed by atoms with Gasteiger partial charge in [-0.2, -0.15) is 0 Å². The molecule has 5 nitrogen and oxygen atoms in total. The van der Waals surface area contributed by atoms with Gasteiger partial charge in [-0.05, 0) is 42.6 Å². The van der Waals surface area contributed by atoms with Gasteiger partial charge in [0.2, 0.25) is 5.91 Å². The fourth-order valence-corrected chi connectivity index (χ4v) is 4.65. The Balaban J connectivity index is 1.38. The Bertz CT molecular complexity index is 809. The van der Waals surface area contributed by atoms with E-state index < -0.39 is 0 Å². The van der Waals surface area contributed by atoms with Crippen LogP contribution in [0.25, 0.3) is 0 Å². The zero-order valence-electron chi connectivity index (χ0n) is 17.1. The molecule has 0 aliphatic carbocycles. The van der Waals surface area contributed by atoms with Crippen molar-refractivity contribution >= 4 is 5.91 Å². The van der Waals surface area contributed by atoms with Gasteiger partial charge in [0.25, 0.3) is 0 Å². The minimum atomic E-state index is 0.0110. The summed E-state index contributed by atoms with van der Waals surface area (Å²) in [5.41, 5.74) is 2.35. The van der Waals surface area contributed by atoms with Crippen molar-refractivity contribution in [3.63, 3.8) is 0 Å². The van der Waals surface area contributed by atoms with Gasteiger partial charge in [-0.1, -0.05) is 42.5 Å². The number of carbonyl (C=O) groups is 1. The molecule has 2 saturated heterocycles. The SMILES string of the molecule is COc1ccc(CN2CCC3(COCCC3NC(=O)Cc3ccccc3)C2)cc1. The molecule has 1 N–H and O–H groups in total. The molecule has 2 aliphatic rings. The molecule has 2 fully saturated rings. The smallest absolute Gasteiger partial charge is 0.224 e. The Hall–Kier alpha value is -2.37. The third-order valence-corrected chi connectivity index (χ3v) is 6.25. The number of ether oxygens (including phenoxy) is 2. The first-order valence-corrected chi connectivity index (χ1v) is 10.4. The Kier molecular flexibility index (Phi) is 6.16. The maximum Gasteiger partial charge on any atom is 0.224 e. The van der Waals surface area contributed by atoms with Crippen molar-refractivity contribution in [1.82, 2.24) is 10.2 Å². The maximum atomic E-state index is 12.7. The third kappa shape index (κ3) is 4.80. The average molecular weight is 395 g/mol. The normalized spacial score (nSPS) is 24.5. The first kappa shape index (κ1) is 19.9. The van der Waals surface area contributed by atoms with Gasteiger partial charge in [-0.3, -0.25) is 9.69 Å². The molecule has 0 bridgehead atoms. The Morgan fingerprint density at radius 1 is 1.17 bits per heavy atom. The van der Waals surface area contributed by atoms with Crippen molar-refractivity contribution in [2.75, 3.05) is 33.4 Å². The number of benzene rings is 2. The first-order chi connectivity index (χ1) is 14.2. The summed E-state index contributed by atoms with van der Waals surface area (Å²) in [6.45, 7) is 4.34. The van der Waals surface area contributed by atoms with Crippen molar-refractivity contribution < 1.29 is 14.3 Å². The van der Waals surface area contributed by atoms with E-state index in [-0.39, 0.29) is 17.4 Å². The standard InChI is InChI=1S/C24H30N2O3/c1-28-21-9-7-20(8-10-21)16-26-13-12-24(17-26)18-29-14-11-22(24)25-23(27)15-19-5-3-2-4-6-19/h2-10,22H,11-18H2,1H3,(H,25,27). The summed E-state index contributed by atoms with van der Waals surface area (Å²) in [5, 5.41) is 3.34. The van der Waals surface area contributed by atoms with E-state index in [4.69, 9.17) is 9.47 Å². The second-order valence-electron chi connectivity index (χ2n) is 8.29. The number of hydrogen-bond donors (Lipinski definition) is 1. The molecular formula is C24H30N2O3. The van der Waals surface area contributed by atoms with Crippen molar-refractivity contribution in [2.45, 2.75) is 31.8 Å². The van der Waals surface area contributed by atoms with Gasteiger partial charge in [0.05, 0.1) is 20.1 Å². The van der Waals surface area contributed by atoms with Gasteiger partial charge in [-0.25, -0.2) is 0 Å². The number of methoxy groups -OCH3 is 1. The minimum Gasteiger partial charge on any atom is -0.497 e. The van der Waals surface area contributed by atoms with Crippen LogP contribution in [-0.4, -0.2) is 50.3 Å². The van der Waals surface area contributed by atoms with Crippen molar-refractivity contribution in [1.29, 1.82) is 0 Å². The van der Waals surface area contributed by atoms with E-state index in [9.17, 15) is 4.79 Å². The van der Waals surface area contributed by atoms with E-state index in [1.807, 2.05) is 42.5 Å².